The van der Waals surface area contributed by atoms with Crippen molar-refractivity contribution in [3.8, 4) is 5.69 Å². The largest absolute Gasteiger partial charge is 0.351 e. The molecular weight excluding hydrogens is 202 g/mol. The van der Waals surface area contributed by atoms with Crippen molar-refractivity contribution in [1.29, 1.82) is 0 Å². The Balaban J connectivity index is 2.23. The topological polar surface area (TPSA) is 46.9 Å². The molecule has 1 N–H and O–H groups in total. The summed E-state index contributed by atoms with van der Waals surface area (Å²) in [6, 6.07) is 11.4. The summed E-state index contributed by atoms with van der Waals surface area (Å²) in [4.78, 5) is 11.5. The highest BCUT2D eigenvalue weighted by Gasteiger charge is 2.08. The molecule has 0 unspecified atom stereocenters. The van der Waals surface area contributed by atoms with Gasteiger partial charge in [-0.25, -0.2) is 4.68 Å². The fourth-order valence-electron chi connectivity index (χ4n) is 1.42. The molecule has 0 atom stereocenters. The molecule has 1 heterocycles. The number of aromatic nitrogens is 2. The van der Waals surface area contributed by atoms with E-state index in [1.165, 1.54) is 0 Å². The third-order valence-corrected chi connectivity index (χ3v) is 2.18. The Kier molecular flexibility index (Phi) is 3.00. The van der Waals surface area contributed by atoms with E-state index in [0.29, 0.717) is 12.2 Å². The maximum Gasteiger partial charge on any atom is 0.271 e. The Bertz CT molecular complexity index is 476. The molecule has 4 nitrogen and oxygen atoms in total. The number of benzene rings is 1. The minimum atomic E-state index is -0.141. The second-order valence-corrected chi connectivity index (χ2v) is 3.34. The summed E-state index contributed by atoms with van der Waals surface area (Å²) in [6.07, 6.45) is 1.78. The second-order valence-electron chi connectivity index (χ2n) is 3.34. The first-order valence-electron chi connectivity index (χ1n) is 5.20. The predicted octanol–water partition coefficient (Wildman–Crippen LogP) is 1.62. The molecule has 1 aromatic heterocycles. The lowest BCUT2D eigenvalue weighted by Crippen LogP contribution is -2.23. The molecular formula is C12H13N3O. The first-order valence-corrected chi connectivity index (χ1v) is 5.20. The zero-order valence-electron chi connectivity index (χ0n) is 9.05. The van der Waals surface area contributed by atoms with Crippen LogP contribution < -0.4 is 5.32 Å². The van der Waals surface area contributed by atoms with Crippen LogP contribution in [0.15, 0.2) is 42.6 Å². The fourth-order valence-corrected chi connectivity index (χ4v) is 1.42. The van der Waals surface area contributed by atoms with Gasteiger partial charge in [0.25, 0.3) is 5.91 Å². The van der Waals surface area contributed by atoms with E-state index in [2.05, 4.69) is 10.4 Å². The van der Waals surface area contributed by atoms with E-state index in [-0.39, 0.29) is 5.91 Å². The number of hydrogen-bond donors (Lipinski definition) is 1. The smallest absolute Gasteiger partial charge is 0.271 e. The number of carbonyl (C=O) groups is 1. The maximum absolute atomic E-state index is 11.5. The summed E-state index contributed by atoms with van der Waals surface area (Å²) in [6.45, 7) is 2.49. The van der Waals surface area contributed by atoms with Crippen LogP contribution in [0.4, 0.5) is 0 Å². The average molecular weight is 215 g/mol. The lowest BCUT2D eigenvalue weighted by atomic mass is 10.3. The van der Waals surface area contributed by atoms with Crippen LogP contribution in [0.3, 0.4) is 0 Å². The van der Waals surface area contributed by atoms with Crippen molar-refractivity contribution in [3.05, 3.63) is 48.3 Å². The third kappa shape index (κ3) is 2.11. The van der Waals surface area contributed by atoms with Crippen LogP contribution in [0, 0.1) is 0 Å². The molecule has 0 bridgehead atoms. The summed E-state index contributed by atoms with van der Waals surface area (Å²) >= 11 is 0. The second kappa shape index (κ2) is 4.61. The van der Waals surface area contributed by atoms with Gasteiger partial charge in [0, 0.05) is 12.7 Å². The van der Waals surface area contributed by atoms with Crippen LogP contribution in [0.1, 0.15) is 17.4 Å². The van der Waals surface area contributed by atoms with Gasteiger partial charge in [-0.2, -0.15) is 5.10 Å². The van der Waals surface area contributed by atoms with Crippen LogP contribution in [-0.4, -0.2) is 22.2 Å². The number of nitrogens with one attached hydrogen (secondary N) is 1. The van der Waals surface area contributed by atoms with Crippen LogP contribution in [0.2, 0.25) is 0 Å². The van der Waals surface area contributed by atoms with Crippen molar-refractivity contribution in [2.24, 2.45) is 0 Å². The zero-order valence-corrected chi connectivity index (χ0v) is 9.05. The summed E-state index contributed by atoms with van der Waals surface area (Å²) < 4.78 is 1.69. The van der Waals surface area contributed by atoms with Gasteiger partial charge in [0.15, 0.2) is 5.69 Å². The highest BCUT2D eigenvalue weighted by Crippen LogP contribution is 2.06. The molecule has 0 radical (unpaired) electrons. The van der Waals surface area contributed by atoms with Gasteiger partial charge in [-0.15, -0.1) is 0 Å². The first-order chi connectivity index (χ1) is 7.81. The zero-order chi connectivity index (χ0) is 11.4. The van der Waals surface area contributed by atoms with E-state index >= 15 is 0 Å². The monoisotopic (exact) mass is 215 g/mol. The van der Waals surface area contributed by atoms with E-state index in [9.17, 15) is 4.79 Å². The standard InChI is InChI=1S/C12H13N3O/c1-2-13-12(16)11-8-9-15(14-11)10-6-4-3-5-7-10/h3-9H,2H2,1H3,(H,13,16). The highest BCUT2D eigenvalue weighted by atomic mass is 16.1. The number of nitrogens with zero attached hydrogens (tertiary/aromatic N) is 2. The van der Waals surface area contributed by atoms with E-state index in [1.807, 2.05) is 37.3 Å². The molecule has 0 aliphatic rings. The van der Waals surface area contributed by atoms with Crippen molar-refractivity contribution in [3.63, 3.8) is 0 Å². The van der Waals surface area contributed by atoms with Crippen molar-refractivity contribution in [1.82, 2.24) is 15.1 Å². The van der Waals surface area contributed by atoms with Crippen molar-refractivity contribution >= 4 is 5.91 Å². The van der Waals surface area contributed by atoms with Gasteiger partial charge in [-0.05, 0) is 25.1 Å². The normalized spacial score (nSPS) is 10.1. The Labute approximate surface area is 93.9 Å². The van der Waals surface area contributed by atoms with Crippen LogP contribution in [-0.2, 0) is 0 Å². The SMILES string of the molecule is CCNC(=O)c1ccn(-c2ccccc2)n1. The molecule has 0 spiro atoms. The third-order valence-electron chi connectivity index (χ3n) is 2.18. The van der Waals surface area contributed by atoms with E-state index in [1.54, 1.807) is 16.9 Å². The van der Waals surface area contributed by atoms with E-state index in [0.717, 1.165) is 5.69 Å². The van der Waals surface area contributed by atoms with Gasteiger partial charge in [-0.3, -0.25) is 4.79 Å². The van der Waals surface area contributed by atoms with Crippen LogP contribution in [0.5, 0.6) is 0 Å². The summed E-state index contributed by atoms with van der Waals surface area (Å²) in [7, 11) is 0. The Morgan fingerprint density at radius 3 is 2.75 bits per heavy atom. The molecule has 16 heavy (non-hydrogen) atoms. The number of carbonyl (C=O) groups excluding carboxylic acids is 1. The van der Waals surface area contributed by atoms with Crippen molar-refractivity contribution < 1.29 is 4.79 Å². The summed E-state index contributed by atoms with van der Waals surface area (Å²) in [5.41, 5.74) is 1.38. The van der Waals surface area contributed by atoms with Crippen LogP contribution >= 0.6 is 0 Å². The summed E-state index contributed by atoms with van der Waals surface area (Å²) in [5.74, 6) is -0.141. The number of hydrogen-bond acceptors (Lipinski definition) is 2. The van der Waals surface area contributed by atoms with Gasteiger partial charge in [-0.1, -0.05) is 18.2 Å². The molecule has 0 saturated heterocycles. The van der Waals surface area contributed by atoms with Crippen molar-refractivity contribution in [2.45, 2.75) is 6.92 Å². The Hall–Kier alpha value is -2.10. The average Bonchev–Trinajstić information content (AvgIpc) is 2.80. The van der Waals surface area contributed by atoms with Gasteiger partial charge in [0.05, 0.1) is 5.69 Å². The van der Waals surface area contributed by atoms with E-state index in [4.69, 9.17) is 0 Å². The molecule has 82 valence electrons. The maximum atomic E-state index is 11.5. The Morgan fingerprint density at radius 1 is 1.31 bits per heavy atom. The molecule has 2 aromatic rings. The quantitative estimate of drug-likeness (QED) is 0.845. The van der Waals surface area contributed by atoms with E-state index < -0.39 is 0 Å². The minimum Gasteiger partial charge on any atom is -0.351 e. The molecule has 0 aliphatic heterocycles. The first kappa shape index (κ1) is 10.4. The number of para-hydroxylation sites is 1. The molecule has 0 fully saturated rings. The molecule has 4 heteroatoms. The van der Waals surface area contributed by atoms with Crippen molar-refractivity contribution in [2.75, 3.05) is 6.54 Å². The van der Waals surface area contributed by atoms with Crippen LogP contribution in [0.25, 0.3) is 5.69 Å². The molecule has 2 rings (SSSR count). The fraction of sp³-hybridized carbons (Fsp3) is 0.167. The molecule has 0 saturated carbocycles. The number of amides is 1. The van der Waals surface area contributed by atoms with Gasteiger partial charge in [0.1, 0.15) is 0 Å². The lowest BCUT2D eigenvalue weighted by Gasteiger charge is -2.00. The lowest BCUT2D eigenvalue weighted by molar-refractivity contribution is 0.0950. The Morgan fingerprint density at radius 2 is 2.06 bits per heavy atom. The van der Waals surface area contributed by atoms with Gasteiger partial charge >= 0.3 is 0 Å². The molecule has 0 aliphatic carbocycles. The number of rotatable bonds is 3. The predicted molar refractivity (Wildman–Crippen MR) is 61.6 cm³/mol. The highest BCUT2D eigenvalue weighted by molar-refractivity contribution is 5.92. The van der Waals surface area contributed by atoms with Gasteiger partial charge < -0.3 is 5.32 Å². The molecule has 1 aromatic carbocycles. The minimum absolute atomic E-state index is 0.141. The summed E-state index contributed by atoms with van der Waals surface area (Å²) in [5, 5.41) is 6.92. The van der Waals surface area contributed by atoms with Gasteiger partial charge in [0.2, 0.25) is 0 Å². The molecule has 1 amide bonds.